The predicted octanol–water partition coefficient (Wildman–Crippen LogP) is 4.99. The fraction of sp³-hybridized carbons (Fsp3) is 0.200. The zero-order valence-electron chi connectivity index (χ0n) is 11.4. The minimum Gasteiger partial charge on any atom is -0.497 e. The number of nitrogens with two attached hydrogens (primary N) is 1. The van der Waals surface area contributed by atoms with Crippen molar-refractivity contribution < 1.29 is 4.74 Å². The summed E-state index contributed by atoms with van der Waals surface area (Å²) in [4.78, 5) is 0. The van der Waals surface area contributed by atoms with E-state index in [1.807, 2.05) is 36.4 Å². The first-order valence-corrected chi connectivity index (χ1v) is 8.26. The number of nitrogens with one attached hydrogen (secondary N) is 1. The highest BCUT2D eigenvalue weighted by molar-refractivity contribution is 9.10. The van der Waals surface area contributed by atoms with Gasteiger partial charge >= 0.3 is 0 Å². The second-order valence-electron chi connectivity index (χ2n) is 4.45. The van der Waals surface area contributed by atoms with Gasteiger partial charge in [-0.1, -0.05) is 27.5 Å². The van der Waals surface area contributed by atoms with E-state index in [9.17, 15) is 0 Å². The molecule has 0 saturated carbocycles. The molecular weight excluding hydrogens is 419 g/mol. The van der Waals surface area contributed by atoms with Crippen LogP contribution in [0.4, 0.5) is 5.69 Å². The highest BCUT2D eigenvalue weighted by atomic mass is 79.9. The van der Waals surface area contributed by atoms with E-state index in [-0.39, 0.29) is 6.04 Å². The zero-order chi connectivity index (χ0) is 15.4. The lowest BCUT2D eigenvalue weighted by Gasteiger charge is -2.21. The molecule has 0 aromatic heterocycles. The molecule has 0 aliphatic heterocycles. The van der Waals surface area contributed by atoms with Gasteiger partial charge in [-0.15, -0.1) is 0 Å². The van der Waals surface area contributed by atoms with Gasteiger partial charge in [0.05, 0.1) is 18.2 Å². The van der Waals surface area contributed by atoms with Gasteiger partial charge in [-0.25, -0.2) is 0 Å². The van der Waals surface area contributed by atoms with Gasteiger partial charge in [0.1, 0.15) is 5.75 Å². The molecule has 0 fully saturated rings. The van der Waals surface area contributed by atoms with Crippen LogP contribution in [0, 0.1) is 0 Å². The Morgan fingerprint density at radius 1 is 1.19 bits per heavy atom. The molecule has 0 amide bonds. The molecule has 112 valence electrons. The third-order valence-corrected chi connectivity index (χ3v) is 5.01. The van der Waals surface area contributed by atoms with E-state index < -0.39 is 0 Å². The van der Waals surface area contributed by atoms with Crippen LogP contribution in [0.2, 0.25) is 5.02 Å². The van der Waals surface area contributed by atoms with Crippen LogP contribution in [0.1, 0.15) is 11.6 Å². The molecule has 1 unspecified atom stereocenters. The number of anilines is 1. The van der Waals surface area contributed by atoms with Gasteiger partial charge in [-0.2, -0.15) is 0 Å². The van der Waals surface area contributed by atoms with Crippen molar-refractivity contribution in [2.24, 2.45) is 5.73 Å². The average molecular weight is 435 g/mol. The zero-order valence-corrected chi connectivity index (χ0v) is 15.3. The summed E-state index contributed by atoms with van der Waals surface area (Å²) < 4.78 is 7.10. The van der Waals surface area contributed by atoms with Gasteiger partial charge in [-0.3, -0.25) is 0 Å². The number of methoxy groups -OCH3 is 1. The molecule has 0 heterocycles. The summed E-state index contributed by atoms with van der Waals surface area (Å²) in [6, 6.07) is 11.5. The monoisotopic (exact) mass is 432 g/mol. The molecule has 0 spiro atoms. The Morgan fingerprint density at radius 3 is 2.57 bits per heavy atom. The summed E-state index contributed by atoms with van der Waals surface area (Å²) in [6.45, 7) is 0.450. The Hall–Kier alpha value is -0.750. The van der Waals surface area contributed by atoms with E-state index in [0.29, 0.717) is 11.6 Å². The van der Waals surface area contributed by atoms with Crippen molar-refractivity contribution in [1.29, 1.82) is 0 Å². The smallest absolute Gasteiger partial charge is 0.119 e. The molecule has 2 aromatic rings. The molecule has 3 nitrogen and oxygen atoms in total. The van der Waals surface area contributed by atoms with Crippen LogP contribution >= 0.6 is 43.5 Å². The van der Waals surface area contributed by atoms with Crippen molar-refractivity contribution in [2.75, 3.05) is 19.0 Å². The second kappa shape index (κ2) is 7.49. The summed E-state index contributed by atoms with van der Waals surface area (Å²) in [5.41, 5.74) is 7.90. The van der Waals surface area contributed by atoms with Gasteiger partial charge < -0.3 is 15.8 Å². The molecule has 0 radical (unpaired) electrons. The van der Waals surface area contributed by atoms with Gasteiger partial charge in [0.15, 0.2) is 0 Å². The van der Waals surface area contributed by atoms with Crippen LogP contribution in [0.25, 0.3) is 0 Å². The van der Waals surface area contributed by atoms with E-state index in [4.69, 9.17) is 22.1 Å². The maximum absolute atomic E-state index is 6.01. The van der Waals surface area contributed by atoms with Gasteiger partial charge in [-0.05, 0) is 57.9 Å². The summed E-state index contributed by atoms with van der Waals surface area (Å²) >= 11 is 13.0. The maximum Gasteiger partial charge on any atom is 0.119 e. The SMILES string of the molecule is COc1ccc(Br)c(C(CN)Nc2ccc(Cl)c(Br)c2)c1. The lowest BCUT2D eigenvalue weighted by atomic mass is 10.1. The molecule has 21 heavy (non-hydrogen) atoms. The highest BCUT2D eigenvalue weighted by Gasteiger charge is 2.14. The number of hydrogen-bond acceptors (Lipinski definition) is 3. The fourth-order valence-corrected chi connectivity index (χ4v) is 2.99. The first kappa shape index (κ1) is 16.6. The van der Waals surface area contributed by atoms with Crippen molar-refractivity contribution in [3.63, 3.8) is 0 Å². The van der Waals surface area contributed by atoms with Crippen molar-refractivity contribution in [2.45, 2.75) is 6.04 Å². The van der Waals surface area contributed by atoms with Crippen LogP contribution in [0.15, 0.2) is 45.3 Å². The van der Waals surface area contributed by atoms with Crippen molar-refractivity contribution in [1.82, 2.24) is 0 Å². The molecule has 0 aliphatic rings. The summed E-state index contributed by atoms with van der Waals surface area (Å²) in [5, 5.41) is 4.08. The molecule has 6 heteroatoms. The number of benzene rings is 2. The second-order valence-corrected chi connectivity index (χ2v) is 6.56. The lowest BCUT2D eigenvalue weighted by molar-refractivity contribution is 0.414. The van der Waals surface area contributed by atoms with E-state index >= 15 is 0 Å². The largest absolute Gasteiger partial charge is 0.497 e. The third kappa shape index (κ3) is 4.13. The average Bonchev–Trinajstić information content (AvgIpc) is 2.49. The van der Waals surface area contributed by atoms with Crippen LogP contribution in [-0.4, -0.2) is 13.7 Å². The Morgan fingerprint density at radius 2 is 1.95 bits per heavy atom. The van der Waals surface area contributed by atoms with Gasteiger partial charge in [0.2, 0.25) is 0 Å². The maximum atomic E-state index is 6.01. The predicted molar refractivity (Wildman–Crippen MR) is 95.3 cm³/mol. The van der Waals surface area contributed by atoms with E-state index in [2.05, 4.69) is 37.2 Å². The Bertz CT molecular complexity index is 637. The standard InChI is InChI=1S/C15H15Br2ClN2O/c1-21-10-3-4-12(16)11(7-10)15(8-19)20-9-2-5-14(18)13(17)6-9/h2-7,15,20H,8,19H2,1H3. The summed E-state index contributed by atoms with van der Waals surface area (Å²) in [6.07, 6.45) is 0. The Labute approximate surface area is 146 Å². The fourth-order valence-electron chi connectivity index (χ4n) is 1.97. The molecule has 2 rings (SSSR count). The van der Waals surface area contributed by atoms with E-state index in [1.54, 1.807) is 7.11 Å². The molecule has 0 saturated heterocycles. The molecule has 2 aromatic carbocycles. The van der Waals surface area contributed by atoms with E-state index in [0.717, 1.165) is 25.9 Å². The quantitative estimate of drug-likeness (QED) is 0.697. The van der Waals surface area contributed by atoms with E-state index in [1.165, 1.54) is 0 Å². The normalized spacial score (nSPS) is 12.0. The Balaban J connectivity index is 2.29. The van der Waals surface area contributed by atoms with Crippen LogP contribution in [0.3, 0.4) is 0 Å². The third-order valence-electron chi connectivity index (χ3n) is 3.07. The van der Waals surface area contributed by atoms with Crippen LogP contribution in [0.5, 0.6) is 5.75 Å². The van der Waals surface area contributed by atoms with Crippen molar-refractivity contribution >= 4 is 49.1 Å². The summed E-state index contributed by atoms with van der Waals surface area (Å²) in [5.74, 6) is 0.797. The highest BCUT2D eigenvalue weighted by Crippen LogP contribution is 2.31. The number of halogens is 3. The minimum absolute atomic E-state index is 0.0393. The Kier molecular flexibility index (Phi) is 5.93. The molecule has 3 N–H and O–H groups in total. The molecule has 1 atom stereocenters. The van der Waals surface area contributed by atoms with Gasteiger partial charge in [0.25, 0.3) is 0 Å². The lowest BCUT2D eigenvalue weighted by Crippen LogP contribution is -2.21. The molecule has 0 aliphatic carbocycles. The minimum atomic E-state index is -0.0393. The number of hydrogen-bond donors (Lipinski definition) is 2. The number of ether oxygens (including phenoxy) is 1. The van der Waals surface area contributed by atoms with Crippen LogP contribution < -0.4 is 15.8 Å². The summed E-state index contributed by atoms with van der Waals surface area (Å²) in [7, 11) is 1.65. The van der Waals surface area contributed by atoms with Crippen molar-refractivity contribution in [3.05, 3.63) is 55.9 Å². The van der Waals surface area contributed by atoms with Gasteiger partial charge in [0, 0.05) is 21.2 Å². The number of rotatable bonds is 5. The first-order chi connectivity index (χ1) is 10.0. The molecular formula is C15H15Br2ClN2O. The topological polar surface area (TPSA) is 47.3 Å². The molecule has 0 bridgehead atoms. The first-order valence-electron chi connectivity index (χ1n) is 6.30. The van der Waals surface area contributed by atoms with Crippen molar-refractivity contribution in [3.8, 4) is 5.75 Å². The van der Waals surface area contributed by atoms with Crippen LogP contribution in [-0.2, 0) is 0 Å².